The maximum absolute atomic E-state index is 12.0. The van der Waals surface area contributed by atoms with Crippen molar-refractivity contribution in [3.05, 3.63) is 60.2 Å². The average Bonchev–Trinajstić information content (AvgIpc) is 2.61. The molecule has 130 valence electrons. The fraction of sp³-hybridized carbons (Fsp3) is 0.211. The van der Waals surface area contributed by atoms with Crippen molar-refractivity contribution in [3.63, 3.8) is 0 Å². The molecule has 0 aliphatic carbocycles. The molecule has 0 saturated carbocycles. The largest absolute Gasteiger partial charge is 0.482 e. The highest BCUT2D eigenvalue weighted by molar-refractivity contribution is 5.95. The second-order valence-electron chi connectivity index (χ2n) is 5.36. The third-order valence-corrected chi connectivity index (χ3v) is 3.32. The van der Waals surface area contributed by atoms with E-state index in [0.29, 0.717) is 17.0 Å². The van der Waals surface area contributed by atoms with E-state index in [1.165, 1.54) is 13.8 Å². The summed E-state index contributed by atoms with van der Waals surface area (Å²) >= 11 is 0. The smallest absolute Gasteiger partial charge is 0.344 e. The van der Waals surface area contributed by atoms with Gasteiger partial charge in [-0.05, 0) is 38.1 Å². The molecule has 0 fully saturated rings. The molecule has 0 radical (unpaired) electrons. The van der Waals surface area contributed by atoms with Gasteiger partial charge in [-0.25, -0.2) is 4.79 Å². The molecule has 0 saturated heterocycles. The van der Waals surface area contributed by atoms with Gasteiger partial charge >= 0.3 is 5.97 Å². The number of amides is 1. The van der Waals surface area contributed by atoms with Crippen molar-refractivity contribution in [1.82, 2.24) is 0 Å². The van der Waals surface area contributed by atoms with Gasteiger partial charge in [-0.3, -0.25) is 9.59 Å². The Balaban J connectivity index is 1.82. The Hall–Kier alpha value is -3.15. The lowest BCUT2D eigenvalue weighted by Crippen LogP contribution is -2.31. The number of benzene rings is 2. The van der Waals surface area contributed by atoms with Crippen LogP contribution in [0.4, 0.5) is 5.69 Å². The van der Waals surface area contributed by atoms with E-state index in [2.05, 4.69) is 5.32 Å². The Morgan fingerprint density at radius 2 is 1.76 bits per heavy atom. The molecule has 1 N–H and O–H groups in total. The summed E-state index contributed by atoms with van der Waals surface area (Å²) in [5.41, 5.74) is 1.11. The fourth-order valence-corrected chi connectivity index (χ4v) is 2.00. The second kappa shape index (κ2) is 8.63. The molecule has 2 rings (SSSR count). The van der Waals surface area contributed by atoms with Gasteiger partial charge in [0.1, 0.15) is 5.75 Å². The van der Waals surface area contributed by atoms with Crippen LogP contribution < -0.4 is 10.1 Å². The van der Waals surface area contributed by atoms with Crippen molar-refractivity contribution in [2.45, 2.75) is 20.0 Å². The first-order chi connectivity index (χ1) is 12.0. The van der Waals surface area contributed by atoms with Crippen LogP contribution in [-0.4, -0.2) is 30.4 Å². The highest BCUT2D eigenvalue weighted by Crippen LogP contribution is 2.14. The number of carbonyl (C=O) groups is 3. The lowest BCUT2D eigenvalue weighted by molar-refractivity contribution is -0.155. The number of Topliss-reactive ketones (excluding diaryl/α,β-unsaturated/α-hetero) is 1. The molecule has 6 nitrogen and oxygen atoms in total. The summed E-state index contributed by atoms with van der Waals surface area (Å²) in [5.74, 6) is -0.827. The van der Waals surface area contributed by atoms with Crippen LogP contribution in [0.3, 0.4) is 0 Å². The molecule has 1 atom stereocenters. The van der Waals surface area contributed by atoms with Crippen LogP contribution in [0.1, 0.15) is 24.2 Å². The Labute approximate surface area is 145 Å². The van der Waals surface area contributed by atoms with Gasteiger partial charge in [0.15, 0.2) is 18.5 Å². The van der Waals surface area contributed by atoms with E-state index in [9.17, 15) is 14.4 Å². The zero-order chi connectivity index (χ0) is 18.2. The van der Waals surface area contributed by atoms with Crippen LogP contribution in [0, 0.1) is 0 Å². The summed E-state index contributed by atoms with van der Waals surface area (Å²) in [4.78, 5) is 35.1. The zero-order valence-electron chi connectivity index (χ0n) is 14.0. The average molecular weight is 341 g/mol. The summed E-state index contributed by atoms with van der Waals surface area (Å²) in [6, 6.07) is 15.4. The predicted molar refractivity (Wildman–Crippen MR) is 92.6 cm³/mol. The van der Waals surface area contributed by atoms with Crippen LogP contribution in [0.2, 0.25) is 0 Å². The van der Waals surface area contributed by atoms with E-state index in [0.717, 1.165) is 0 Å². The molecule has 0 spiro atoms. The number of ketones is 1. The van der Waals surface area contributed by atoms with Gasteiger partial charge in [0.25, 0.3) is 5.91 Å². The summed E-state index contributed by atoms with van der Waals surface area (Å²) in [6.45, 7) is 2.57. The third kappa shape index (κ3) is 5.76. The van der Waals surface area contributed by atoms with Crippen molar-refractivity contribution in [2.75, 3.05) is 11.9 Å². The van der Waals surface area contributed by atoms with Gasteiger partial charge in [0.05, 0.1) is 0 Å². The van der Waals surface area contributed by atoms with Crippen LogP contribution >= 0.6 is 0 Å². The number of carbonyl (C=O) groups excluding carboxylic acids is 3. The van der Waals surface area contributed by atoms with Crippen LogP contribution in [0.25, 0.3) is 0 Å². The summed E-state index contributed by atoms with van der Waals surface area (Å²) in [5, 5.41) is 2.65. The zero-order valence-corrected chi connectivity index (χ0v) is 14.0. The number of esters is 1. The van der Waals surface area contributed by atoms with E-state index in [-0.39, 0.29) is 12.4 Å². The molecule has 0 heterocycles. The monoisotopic (exact) mass is 341 g/mol. The van der Waals surface area contributed by atoms with Crippen LogP contribution in [0.15, 0.2) is 54.6 Å². The molecule has 2 aromatic carbocycles. The molecule has 0 aliphatic heterocycles. The van der Waals surface area contributed by atoms with E-state index in [1.807, 2.05) is 6.07 Å². The van der Waals surface area contributed by atoms with E-state index in [1.54, 1.807) is 48.5 Å². The molecule has 6 heteroatoms. The standard InChI is InChI=1S/C19H19NO5/c1-13(21)15-7-6-10-17(11-15)24-12-18(22)25-14(2)19(23)20-16-8-4-3-5-9-16/h3-11,14H,12H2,1-2H3,(H,20,23)/t14-/m1/s1. The van der Waals surface area contributed by atoms with Gasteiger partial charge in [0, 0.05) is 11.3 Å². The number of hydrogen-bond donors (Lipinski definition) is 1. The lowest BCUT2D eigenvalue weighted by Gasteiger charge is -2.14. The predicted octanol–water partition coefficient (Wildman–Crippen LogP) is 2.84. The van der Waals surface area contributed by atoms with E-state index in [4.69, 9.17) is 9.47 Å². The summed E-state index contributed by atoms with van der Waals surface area (Å²) in [7, 11) is 0. The molecular weight excluding hydrogens is 322 g/mol. The lowest BCUT2D eigenvalue weighted by atomic mass is 10.1. The first-order valence-electron chi connectivity index (χ1n) is 7.75. The van der Waals surface area contributed by atoms with Crippen molar-refractivity contribution >= 4 is 23.3 Å². The highest BCUT2D eigenvalue weighted by atomic mass is 16.6. The maximum Gasteiger partial charge on any atom is 0.344 e. The van der Waals surface area contributed by atoms with Crippen LogP contribution in [-0.2, 0) is 14.3 Å². The molecular formula is C19H19NO5. The van der Waals surface area contributed by atoms with E-state index >= 15 is 0 Å². The fourth-order valence-electron chi connectivity index (χ4n) is 2.00. The summed E-state index contributed by atoms with van der Waals surface area (Å²) < 4.78 is 10.3. The number of nitrogens with one attached hydrogen (secondary N) is 1. The molecule has 2 aromatic rings. The molecule has 0 aliphatic rings. The molecule has 0 bridgehead atoms. The highest BCUT2D eigenvalue weighted by Gasteiger charge is 2.18. The Bertz CT molecular complexity index is 757. The normalized spacial score (nSPS) is 11.3. The first kappa shape index (κ1) is 18.2. The number of anilines is 1. The third-order valence-electron chi connectivity index (χ3n) is 3.32. The van der Waals surface area contributed by atoms with Gasteiger partial charge in [-0.1, -0.05) is 30.3 Å². The van der Waals surface area contributed by atoms with E-state index < -0.39 is 18.0 Å². The molecule has 1 amide bonds. The topological polar surface area (TPSA) is 81.7 Å². The van der Waals surface area contributed by atoms with Crippen molar-refractivity contribution in [3.8, 4) is 5.75 Å². The van der Waals surface area contributed by atoms with Crippen molar-refractivity contribution in [2.24, 2.45) is 0 Å². The van der Waals surface area contributed by atoms with Gasteiger partial charge in [0.2, 0.25) is 0 Å². The Morgan fingerprint density at radius 3 is 2.44 bits per heavy atom. The summed E-state index contributed by atoms with van der Waals surface area (Å²) in [6.07, 6.45) is -0.958. The minimum Gasteiger partial charge on any atom is -0.482 e. The van der Waals surface area contributed by atoms with Gasteiger partial charge in [-0.2, -0.15) is 0 Å². The quantitative estimate of drug-likeness (QED) is 0.618. The van der Waals surface area contributed by atoms with Gasteiger partial charge in [-0.15, -0.1) is 0 Å². The second-order valence-corrected chi connectivity index (χ2v) is 5.36. The molecule has 0 unspecified atom stereocenters. The number of hydrogen-bond acceptors (Lipinski definition) is 5. The van der Waals surface area contributed by atoms with Crippen molar-refractivity contribution in [1.29, 1.82) is 0 Å². The Morgan fingerprint density at radius 1 is 1.04 bits per heavy atom. The number of rotatable bonds is 7. The Kier molecular flexibility index (Phi) is 6.28. The van der Waals surface area contributed by atoms with Gasteiger partial charge < -0.3 is 14.8 Å². The number of para-hydroxylation sites is 1. The maximum atomic E-state index is 12.0. The first-order valence-corrected chi connectivity index (χ1v) is 7.75. The number of ether oxygens (including phenoxy) is 2. The molecule has 0 aromatic heterocycles. The molecule has 25 heavy (non-hydrogen) atoms. The van der Waals surface area contributed by atoms with Crippen LogP contribution in [0.5, 0.6) is 5.75 Å². The SMILES string of the molecule is CC(=O)c1cccc(OCC(=O)O[C@H](C)C(=O)Nc2ccccc2)c1. The minimum atomic E-state index is -0.958. The van der Waals surface area contributed by atoms with Crippen molar-refractivity contribution < 1.29 is 23.9 Å². The minimum absolute atomic E-state index is 0.0979.